The molecule has 1 heterocycles. The molecule has 0 aliphatic carbocycles. The zero-order valence-electron chi connectivity index (χ0n) is 10.2. The summed E-state index contributed by atoms with van der Waals surface area (Å²) in [6.07, 6.45) is 0. The topological polar surface area (TPSA) is 66.5 Å². The Bertz CT molecular complexity index is 617. The maximum atomic E-state index is 3.94. The summed E-state index contributed by atoms with van der Waals surface area (Å²) in [7, 11) is 0. The lowest BCUT2D eigenvalue weighted by Crippen LogP contribution is -1.98. The first-order valence-corrected chi connectivity index (χ1v) is 6.03. The van der Waals surface area contributed by atoms with Crippen LogP contribution in [0.1, 0.15) is 5.56 Å². The maximum Gasteiger partial charge on any atom is 0.204 e. The molecule has 94 valence electrons. The van der Waals surface area contributed by atoms with Crippen molar-refractivity contribution in [2.75, 3.05) is 5.32 Å². The molecule has 0 fully saturated rings. The molecule has 2 N–H and O–H groups in total. The molecular formula is C14H13N5. The third-order valence-corrected chi connectivity index (χ3v) is 2.83. The second-order valence-electron chi connectivity index (χ2n) is 4.15. The van der Waals surface area contributed by atoms with Crippen LogP contribution in [0.4, 0.5) is 5.69 Å². The van der Waals surface area contributed by atoms with Crippen molar-refractivity contribution in [3.05, 3.63) is 60.2 Å². The molecule has 19 heavy (non-hydrogen) atoms. The Morgan fingerprint density at radius 2 is 1.74 bits per heavy atom. The van der Waals surface area contributed by atoms with Gasteiger partial charge >= 0.3 is 0 Å². The van der Waals surface area contributed by atoms with Crippen LogP contribution in [-0.2, 0) is 6.54 Å². The van der Waals surface area contributed by atoms with Gasteiger partial charge in [-0.05, 0) is 35.0 Å². The molecule has 0 bridgehead atoms. The van der Waals surface area contributed by atoms with Crippen molar-refractivity contribution in [3.63, 3.8) is 0 Å². The van der Waals surface area contributed by atoms with Crippen molar-refractivity contribution in [1.82, 2.24) is 20.6 Å². The minimum Gasteiger partial charge on any atom is -0.381 e. The highest BCUT2D eigenvalue weighted by atomic mass is 15.5. The van der Waals surface area contributed by atoms with E-state index in [1.165, 1.54) is 5.56 Å². The van der Waals surface area contributed by atoms with Gasteiger partial charge in [-0.3, -0.25) is 0 Å². The summed E-state index contributed by atoms with van der Waals surface area (Å²) in [5.74, 6) is 0.606. The van der Waals surface area contributed by atoms with E-state index in [0.717, 1.165) is 17.8 Å². The molecule has 5 nitrogen and oxygen atoms in total. The molecule has 3 aromatic rings. The Morgan fingerprint density at radius 3 is 2.42 bits per heavy atom. The van der Waals surface area contributed by atoms with E-state index < -0.39 is 0 Å². The number of hydrogen-bond donors (Lipinski definition) is 2. The van der Waals surface area contributed by atoms with Gasteiger partial charge in [0.15, 0.2) is 0 Å². The van der Waals surface area contributed by atoms with Crippen LogP contribution < -0.4 is 5.32 Å². The Balaban J connectivity index is 1.67. The smallest absolute Gasteiger partial charge is 0.204 e. The minimum atomic E-state index is 0.606. The number of H-pyrrole nitrogens is 1. The molecule has 0 saturated carbocycles. The van der Waals surface area contributed by atoms with Gasteiger partial charge in [0, 0.05) is 17.8 Å². The van der Waals surface area contributed by atoms with Crippen molar-refractivity contribution < 1.29 is 0 Å². The van der Waals surface area contributed by atoms with Crippen molar-refractivity contribution in [2.45, 2.75) is 6.54 Å². The summed E-state index contributed by atoms with van der Waals surface area (Å²) in [5, 5.41) is 17.2. The minimum absolute atomic E-state index is 0.606. The third-order valence-electron chi connectivity index (χ3n) is 2.83. The Kier molecular flexibility index (Phi) is 3.18. The van der Waals surface area contributed by atoms with E-state index in [1.807, 2.05) is 42.5 Å². The molecule has 0 radical (unpaired) electrons. The van der Waals surface area contributed by atoms with Gasteiger partial charge in [0.25, 0.3) is 0 Å². The third kappa shape index (κ3) is 2.77. The van der Waals surface area contributed by atoms with Crippen LogP contribution in [0.25, 0.3) is 11.4 Å². The van der Waals surface area contributed by atoms with E-state index in [2.05, 4.69) is 38.1 Å². The molecule has 1 aromatic heterocycles. The Morgan fingerprint density at radius 1 is 0.947 bits per heavy atom. The van der Waals surface area contributed by atoms with Gasteiger partial charge in [-0.1, -0.05) is 30.3 Å². The average molecular weight is 251 g/mol. The number of anilines is 1. The number of nitrogens with one attached hydrogen (secondary N) is 2. The quantitative estimate of drug-likeness (QED) is 0.747. The first kappa shape index (κ1) is 11.4. The fraction of sp³-hybridized carbons (Fsp3) is 0.0714. The fourth-order valence-electron chi connectivity index (χ4n) is 1.82. The van der Waals surface area contributed by atoms with E-state index in [1.54, 1.807) is 0 Å². The van der Waals surface area contributed by atoms with Gasteiger partial charge in [-0.15, -0.1) is 10.2 Å². The van der Waals surface area contributed by atoms with Gasteiger partial charge in [0.2, 0.25) is 5.82 Å². The summed E-state index contributed by atoms with van der Waals surface area (Å²) >= 11 is 0. The predicted octanol–water partition coefficient (Wildman–Crippen LogP) is 2.48. The maximum absolute atomic E-state index is 3.94. The second kappa shape index (κ2) is 5.30. The highest BCUT2D eigenvalue weighted by molar-refractivity contribution is 5.59. The zero-order chi connectivity index (χ0) is 12.9. The first-order chi connectivity index (χ1) is 9.42. The molecule has 2 aromatic carbocycles. The summed E-state index contributed by atoms with van der Waals surface area (Å²) in [6.45, 7) is 0.808. The van der Waals surface area contributed by atoms with Gasteiger partial charge in [0.05, 0.1) is 0 Å². The lowest BCUT2D eigenvalue weighted by Gasteiger charge is -2.06. The highest BCUT2D eigenvalue weighted by Gasteiger charge is 2.01. The molecule has 0 unspecified atom stereocenters. The molecule has 0 saturated heterocycles. The summed E-state index contributed by atoms with van der Waals surface area (Å²) in [6, 6.07) is 18.2. The number of aromatic nitrogens is 4. The van der Waals surface area contributed by atoms with Gasteiger partial charge < -0.3 is 5.32 Å². The van der Waals surface area contributed by atoms with Crippen molar-refractivity contribution in [3.8, 4) is 11.4 Å². The van der Waals surface area contributed by atoms with Crippen LogP contribution in [0.15, 0.2) is 54.6 Å². The van der Waals surface area contributed by atoms with E-state index in [0.29, 0.717) is 5.82 Å². The van der Waals surface area contributed by atoms with Crippen LogP contribution in [0, 0.1) is 0 Å². The Labute approximate surface area is 110 Å². The van der Waals surface area contributed by atoms with Gasteiger partial charge in [-0.2, -0.15) is 5.21 Å². The zero-order valence-corrected chi connectivity index (χ0v) is 10.2. The number of benzene rings is 2. The number of aromatic amines is 1. The predicted molar refractivity (Wildman–Crippen MR) is 73.4 cm³/mol. The SMILES string of the molecule is c1ccc(CNc2ccc(-c3nn[nH]n3)cc2)cc1. The van der Waals surface area contributed by atoms with E-state index in [-0.39, 0.29) is 0 Å². The molecule has 0 aliphatic heterocycles. The monoisotopic (exact) mass is 251 g/mol. The van der Waals surface area contributed by atoms with E-state index in [4.69, 9.17) is 0 Å². The van der Waals surface area contributed by atoms with E-state index >= 15 is 0 Å². The summed E-state index contributed by atoms with van der Waals surface area (Å²) < 4.78 is 0. The van der Waals surface area contributed by atoms with Gasteiger partial charge in [0.1, 0.15) is 0 Å². The van der Waals surface area contributed by atoms with Crippen LogP contribution >= 0.6 is 0 Å². The molecule has 0 aliphatic rings. The lowest BCUT2D eigenvalue weighted by atomic mass is 10.2. The van der Waals surface area contributed by atoms with Crippen LogP contribution in [-0.4, -0.2) is 20.6 Å². The fourth-order valence-corrected chi connectivity index (χ4v) is 1.82. The molecule has 0 spiro atoms. The van der Waals surface area contributed by atoms with Gasteiger partial charge in [-0.25, -0.2) is 0 Å². The van der Waals surface area contributed by atoms with Crippen molar-refractivity contribution in [2.24, 2.45) is 0 Å². The Hall–Kier alpha value is -2.69. The normalized spacial score (nSPS) is 10.3. The average Bonchev–Trinajstić information content (AvgIpc) is 3.01. The largest absolute Gasteiger partial charge is 0.381 e. The van der Waals surface area contributed by atoms with Crippen LogP contribution in [0.2, 0.25) is 0 Å². The molecular weight excluding hydrogens is 238 g/mol. The van der Waals surface area contributed by atoms with Crippen molar-refractivity contribution >= 4 is 5.69 Å². The lowest BCUT2D eigenvalue weighted by molar-refractivity contribution is 0.881. The molecule has 3 rings (SSSR count). The number of rotatable bonds is 4. The molecule has 5 heteroatoms. The number of hydrogen-bond acceptors (Lipinski definition) is 4. The van der Waals surface area contributed by atoms with E-state index in [9.17, 15) is 0 Å². The van der Waals surface area contributed by atoms with Crippen LogP contribution in [0.3, 0.4) is 0 Å². The highest BCUT2D eigenvalue weighted by Crippen LogP contribution is 2.17. The number of tetrazole rings is 1. The van der Waals surface area contributed by atoms with Crippen molar-refractivity contribution in [1.29, 1.82) is 0 Å². The first-order valence-electron chi connectivity index (χ1n) is 6.03. The second-order valence-corrected chi connectivity index (χ2v) is 4.15. The summed E-state index contributed by atoms with van der Waals surface area (Å²) in [5.41, 5.74) is 3.26. The summed E-state index contributed by atoms with van der Waals surface area (Å²) in [4.78, 5) is 0. The number of nitrogens with zero attached hydrogens (tertiary/aromatic N) is 3. The molecule has 0 atom stereocenters. The standard InChI is InChI=1S/C14H13N5/c1-2-4-11(5-3-1)10-15-13-8-6-12(7-9-13)14-16-18-19-17-14/h1-9,15H,10H2,(H,16,17,18,19). The van der Waals surface area contributed by atoms with Crippen LogP contribution in [0.5, 0.6) is 0 Å². The molecule has 0 amide bonds.